The summed E-state index contributed by atoms with van der Waals surface area (Å²) in [5.74, 6) is 0.758. The van der Waals surface area contributed by atoms with E-state index in [9.17, 15) is 9.59 Å². The van der Waals surface area contributed by atoms with Crippen LogP contribution in [0.25, 0.3) is 10.3 Å². The van der Waals surface area contributed by atoms with E-state index in [1.54, 1.807) is 17.8 Å². The molecule has 0 aliphatic heterocycles. The molecule has 0 bridgehead atoms. The summed E-state index contributed by atoms with van der Waals surface area (Å²) < 4.78 is 7.20. The molecule has 3 rings (SSSR count). The molecule has 170 valence electrons. The summed E-state index contributed by atoms with van der Waals surface area (Å²) in [4.78, 5) is 36.7. The van der Waals surface area contributed by atoms with Crippen LogP contribution >= 0.6 is 23.1 Å². The molecule has 0 spiro atoms. The minimum absolute atomic E-state index is 0.137. The van der Waals surface area contributed by atoms with Crippen LogP contribution in [0.2, 0.25) is 0 Å². The van der Waals surface area contributed by atoms with E-state index in [0.717, 1.165) is 29.5 Å². The minimum atomic E-state index is -0.160. The van der Waals surface area contributed by atoms with Gasteiger partial charge in [0.2, 0.25) is 5.91 Å². The lowest BCUT2D eigenvalue weighted by Gasteiger charge is -2.15. The monoisotopic (exact) mass is 473 g/mol. The average molecular weight is 474 g/mol. The Morgan fingerprint density at radius 2 is 2.00 bits per heavy atom. The summed E-state index contributed by atoms with van der Waals surface area (Å²) in [7, 11) is 1.61. The maximum absolute atomic E-state index is 13.1. The van der Waals surface area contributed by atoms with Gasteiger partial charge in [-0.05, 0) is 31.5 Å². The molecule has 0 aliphatic carbocycles. The van der Waals surface area contributed by atoms with Gasteiger partial charge in [-0.25, -0.2) is 4.98 Å². The highest BCUT2D eigenvalue weighted by Crippen LogP contribution is 2.27. The van der Waals surface area contributed by atoms with E-state index in [-0.39, 0.29) is 17.2 Å². The van der Waals surface area contributed by atoms with Gasteiger partial charge in [0, 0.05) is 26.2 Å². The molecule has 0 atom stereocenters. The summed E-state index contributed by atoms with van der Waals surface area (Å²) in [5.41, 5.74) is 1.23. The predicted molar refractivity (Wildman–Crippen MR) is 131 cm³/mol. The van der Waals surface area contributed by atoms with Crippen molar-refractivity contribution in [3.63, 3.8) is 0 Å². The largest absolute Gasteiger partial charge is 0.497 e. The topological polar surface area (TPSA) is 89.3 Å². The zero-order chi connectivity index (χ0) is 23.1. The first kappa shape index (κ1) is 23.8. The Morgan fingerprint density at radius 1 is 1.28 bits per heavy atom. The van der Waals surface area contributed by atoms with Gasteiger partial charge in [0.1, 0.15) is 10.4 Å². The van der Waals surface area contributed by atoms with E-state index in [1.807, 2.05) is 38.1 Å². The second kappa shape index (κ2) is 11.1. The maximum atomic E-state index is 13.1. The van der Waals surface area contributed by atoms with Gasteiger partial charge in [-0.3, -0.25) is 14.2 Å². The van der Waals surface area contributed by atoms with Gasteiger partial charge in [-0.1, -0.05) is 41.3 Å². The molecule has 2 heterocycles. The number of allylic oxidation sites excluding steroid dienone is 1. The highest BCUT2D eigenvalue weighted by molar-refractivity contribution is 7.99. The Balaban J connectivity index is 1.74. The minimum Gasteiger partial charge on any atom is -0.497 e. The Bertz CT molecular complexity index is 1140. The van der Waals surface area contributed by atoms with Crippen LogP contribution < -0.4 is 20.5 Å². The number of nitrogens with one attached hydrogen (secondary N) is 1. The van der Waals surface area contributed by atoms with Gasteiger partial charge < -0.3 is 15.0 Å². The first-order valence-electron chi connectivity index (χ1n) is 10.3. The lowest BCUT2D eigenvalue weighted by Crippen LogP contribution is -2.26. The fraction of sp³-hybridized carbons (Fsp3) is 0.364. The molecule has 10 heteroatoms. The number of methoxy groups -OCH3 is 1. The number of nitrogens with zero attached hydrogens (tertiary/aromatic N) is 4. The highest BCUT2D eigenvalue weighted by atomic mass is 32.2. The van der Waals surface area contributed by atoms with Crippen LogP contribution in [-0.4, -0.2) is 46.4 Å². The van der Waals surface area contributed by atoms with E-state index in [1.165, 1.54) is 23.1 Å². The fourth-order valence-corrected chi connectivity index (χ4v) is 4.94. The Kier molecular flexibility index (Phi) is 8.29. The summed E-state index contributed by atoms with van der Waals surface area (Å²) in [5, 5.41) is 4.12. The lowest BCUT2D eigenvalue weighted by atomic mass is 10.2. The molecule has 0 radical (unpaired) electrons. The van der Waals surface area contributed by atoms with Crippen LogP contribution in [0, 0.1) is 0 Å². The summed E-state index contributed by atoms with van der Waals surface area (Å²) in [6, 6.07) is 7.51. The number of anilines is 1. The number of carbonyl (C=O) groups is 1. The van der Waals surface area contributed by atoms with Crippen molar-refractivity contribution in [3.8, 4) is 5.75 Å². The number of hydrogen-bond acceptors (Lipinski definition) is 8. The number of fused-ring (bicyclic) bond motifs is 1. The summed E-state index contributed by atoms with van der Waals surface area (Å²) in [6.45, 7) is 10.2. The van der Waals surface area contributed by atoms with E-state index >= 15 is 0 Å². The van der Waals surface area contributed by atoms with E-state index in [0.29, 0.717) is 28.6 Å². The van der Waals surface area contributed by atoms with Crippen LogP contribution in [0.4, 0.5) is 5.13 Å². The molecular weight excluding hydrogens is 446 g/mol. The van der Waals surface area contributed by atoms with Crippen molar-refractivity contribution in [2.75, 3.05) is 30.9 Å². The quantitative estimate of drug-likeness (QED) is 0.260. The average Bonchev–Trinajstić information content (AvgIpc) is 3.23. The lowest BCUT2D eigenvalue weighted by molar-refractivity contribution is -0.118. The molecule has 3 aromatic rings. The molecule has 0 saturated carbocycles. The molecule has 0 unspecified atom stereocenters. The number of hydrogen-bond donors (Lipinski definition) is 1. The molecule has 1 amide bonds. The Morgan fingerprint density at radius 3 is 2.62 bits per heavy atom. The Hall–Kier alpha value is -2.85. The van der Waals surface area contributed by atoms with Gasteiger partial charge >= 0.3 is 0 Å². The first-order valence-corrected chi connectivity index (χ1v) is 12.1. The van der Waals surface area contributed by atoms with Crippen molar-refractivity contribution in [2.24, 2.45) is 0 Å². The van der Waals surface area contributed by atoms with Crippen LogP contribution in [0.15, 0.2) is 46.9 Å². The highest BCUT2D eigenvalue weighted by Gasteiger charge is 2.18. The maximum Gasteiger partial charge on any atom is 0.274 e. The third-order valence-corrected chi connectivity index (χ3v) is 6.87. The molecule has 2 aromatic heterocycles. The van der Waals surface area contributed by atoms with Crippen molar-refractivity contribution in [1.29, 1.82) is 0 Å². The number of amides is 1. The molecule has 1 N–H and O–H groups in total. The van der Waals surface area contributed by atoms with Gasteiger partial charge in [-0.15, -0.1) is 6.58 Å². The van der Waals surface area contributed by atoms with Gasteiger partial charge in [0.05, 0.1) is 12.9 Å². The molecule has 0 fully saturated rings. The molecular formula is C22H27N5O3S2. The van der Waals surface area contributed by atoms with Crippen LogP contribution in [0.5, 0.6) is 5.75 Å². The summed E-state index contributed by atoms with van der Waals surface area (Å²) >= 11 is 2.57. The van der Waals surface area contributed by atoms with Crippen molar-refractivity contribution >= 4 is 44.5 Å². The molecule has 1 aromatic carbocycles. The first-order chi connectivity index (χ1) is 15.5. The number of thioether (sulfide) groups is 1. The second-order valence-electron chi connectivity index (χ2n) is 6.83. The third-order valence-electron chi connectivity index (χ3n) is 4.80. The number of benzene rings is 1. The van der Waals surface area contributed by atoms with Gasteiger partial charge in [-0.2, -0.15) is 4.98 Å². The molecule has 0 saturated heterocycles. The van der Waals surface area contributed by atoms with Crippen molar-refractivity contribution in [1.82, 2.24) is 19.9 Å². The molecule has 0 aliphatic rings. The third kappa shape index (κ3) is 5.49. The van der Waals surface area contributed by atoms with Gasteiger partial charge in [0.15, 0.2) is 15.9 Å². The van der Waals surface area contributed by atoms with Crippen LogP contribution in [-0.2, 0) is 17.9 Å². The molecule has 8 nitrogen and oxygen atoms in total. The van der Waals surface area contributed by atoms with E-state index in [2.05, 4.69) is 26.8 Å². The normalized spacial score (nSPS) is 10.8. The number of rotatable bonds is 11. The van der Waals surface area contributed by atoms with Crippen molar-refractivity contribution in [3.05, 3.63) is 52.8 Å². The van der Waals surface area contributed by atoms with Gasteiger partial charge in [0.25, 0.3) is 5.56 Å². The number of ether oxygens (including phenoxy) is 1. The second-order valence-corrected chi connectivity index (χ2v) is 8.75. The Labute approximate surface area is 195 Å². The SMILES string of the molecule is C=CCn1c(SCC(=O)NCc2ccc(OC)cc2)nc2nc(N(CC)CC)sc2c1=O. The standard InChI is InChI=1S/C22H27N5O3S2/c1-5-12-27-20(29)18-19(24-21(32-18)26(6-2)7-3)25-22(27)31-14-17(28)23-13-15-8-10-16(30-4)11-9-15/h5,8-11H,1,6-7,12-14H2,2-4H3,(H,23,28). The van der Waals surface area contributed by atoms with E-state index < -0.39 is 0 Å². The smallest absolute Gasteiger partial charge is 0.274 e. The molecule has 32 heavy (non-hydrogen) atoms. The van der Waals surface area contributed by atoms with E-state index in [4.69, 9.17) is 4.74 Å². The van der Waals surface area contributed by atoms with Crippen molar-refractivity contribution in [2.45, 2.75) is 32.1 Å². The number of aromatic nitrogens is 3. The number of thiazole rings is 1. The number of carbonyl (C=O) groups excluding carboxylic acids is 1. The van der Waals surface area contributed by atoms with Crippen molar-refractivity contribution < 1.29 is 9.53 Å². The van der Waals surface area contributed by atoms with Crippen LogP contribution in [0.3, 0.4) is 0 Å². The fourth-order valence-electron chi connectivity index (χ4n) is 3.03. The summed E-state index contributed by atoms with van der Waals surface area (Å²) in [6.07, 6.45) is 1.65. The predicted octanol–water partition coefficient (Wildman–Crippen LogP) is 3.30. The zero-order valence-electron chi connectivity index (χ0n) is 18.5. The zero-order valence-corrected chi connectivity index (χ0v) is 20.1. The van der Waals surface area contributed by atoms with Crippen LogP contribution in [0.1, 0.15) is 19.4 Å².